The number of hydrogen-bond acceptors (Lipinski definition) is 4. The van der Waals surface area contributed by atoms with E-state index >= 15 is 0 Å². The average Bonchev–Trinajstić information content (AvgIpc) is 3.31. The molecule has 4 rings (SSSR count). The second-order valence-corrected chi connectivity index (χ2v) is 9.12. The average molecular weight is 547 g/mol. The van der Waals surface area contributed by atoms with Gasteiger partial charge in [0.25, 0.3) is 0 Å². The number of nitrogen functional groups attached to an aromatic ring is 1. The van der Waals surface area contributed by atoms with Crippen molar-refractivity contribution in [3.05, 3.63) is 71.3 Å². The molecule has 0 heterocycles. The number of rotatable bonds is 6. The van der Waals surface area contributed by atoms with Gasteiger partial charge in [-0.15, -0.1) is 0 Å². The lowest BCUT2D eigenvalue weighted by Crippen LogP contribution is -2.29. The molecular formula is C26H22BrF3N2O3. The van der Waals surface area contributed by atoms with Crippen molar-refractivity contribution < 1.29 is 27.4 Å². The van der Waals surface area contributed by atoms with Gasteiger partial charge in [-0.1, -0.05) is 46.3 Å². The van der Waals surface area contributed by atoms with E-state index in [1.165, 1.54) is 25.0 Å². The fourth-order valence-electron chi connectivity index (χ4n) is 4.03. The Labute approximate surface area is 208 Å². The van der Waals surface area contributed by atoms with E-state index in [-0.39, 0.29) is 17.1 Å². The molecule has 5 nitrogen and oxygen atoms in total. The monoisotopic (exact) mass is 546 g/mol. The Hall–Kier alpha value is -3.33. The summed E-state index contributed by atoms with van der Waals surface area (Å²) in [6.45, 7) is 0. The summed E-state index contributed by atoms with van der Waals surface area (Å²) in [5.41, 5.74) is 7.07. The molecule has 1 fully saturated rings. The highest BCUT2D eigenvalue weighted by molar-refractivity contribution is 9.15. The van der Waals surface area contributed by atoms with Gasteiger partial charge in [0.15, 0.2) is 0 Å². The molecule has 9 heteroatoms. The summed E-state index contributed by atoms with van der Waals surface area (Å²) < 4.78 is 49.9. The lowest BCUT2D eigenvalue weighted by atomic mass is 10.0. The maximum Gasteiger partial charge on any atom is 0.491 e. The van der Waals surface area contributed by atoms with Crippen LogP contribution >= 0.6 is 15.9 Å². The van der Waals surface area contributed by atoms with E-state index in [0.717, 1.165) is 34.2 Å². The molecule has 0 aliphatic heterocycles. The van der Waals surface area contributed by atoms with E-state index in [0.29, 0.717) is 5.39 Å². The number of nitrogens with one attached hydrogen (secondary N) is 1. The van der Waals surface area contributed by atoms with Gasteiger partial charge in [-0.2, -0.15) is 13.2 Å². The predicted octanol–water partition coefficient (Wildman–Crippen LogP) is 6.81. The minimum absolute atomic E-state index is 0.0985. The smallest absolute Gasteiger partial charge is 0.490 e. The van der Waals surface area contributed by atoms with E-state index in [1.54, 1.807) is 18.2 Å². The SMILES string of the molecule is N=C(N)c1ccc2cc(/C=C(/Br)c3cccc(OC4CCCC4)c3)ccc2c1OC(=O)C(F)(F)F. The van der Waals surface area contributed by atoms with Crippen molar-refractivity contribution in [3.63, 3.8) is 0 Å². The number of benzene rings is 3. The highest BCUT2D eigenvalue weighted by atomic mass is 79.9. The summed E-state index contributed by atoms with van der Waals surface area (Å²) in [5.74, 6) is -2.49. The zero-order valence-electron chi connectivity index (χ0n) is 18.5. The Morgan fingerprint density at radius 2 is 1.83 bits per heavy atom. The third-order valence-electron chi connectivity index (χ3n) is 5.72. The number of fused-ring (bicyclic) bond motifs is 1. The van der Waals surface area contributed by atoms with Gasteiger partial charge in [-0.05, 0) is 72.5 Å². The van der Waals surface area contributed by atoms with Crippen molar-refractivity contribution in [2.45, 2.75) is 38.0 Å². The van der Waals surface area contributed by atoms with Crippen LogP contribution in [0.1, 0.15) is 42.4 Å². The second kappa shape index (κ2) is 10.1. The van der Waals surface area contributed by atoms with E-state index in [9.17, 15) is 18.0 Å². The molecule has 1 aliphatic carbocycles. The molecule has 0 amide bonds. The summed E-state index contributed by atoms with van der Waals surface area (Å²) in [5, 5.41) is 8.40. The van der Waals surface area contributed by atoms with Crippen molar-refractivity contribution in [2.75, 3.05) is 0 Å². The minimum Gasteiger partial charge on any atom is -0.490 e. The molecule has 0 spiro atoms. The van der Waals surface area contributed by atoms with Crippen LogP contribution in [-0.4, -0.2) is 24.1 Å². The first kappa shape index (κ1) is 24.8. The van der Waals surface area contributed by atoms with Gasteiger partial charge in [0, 0.05) is 9.87 Å². The Morgan fingerprint density at radius 1 is 1.09 bits per heavy atom. The van der Waals surface area contributed by atoms with Crippen LogP contribution in [0.5, 0.6) is 11.5 Å². The molecule has 0 atom stereocenters. The molecule has 0 unspecified atom stereocenters. The van der Waals surface area contributed by atoms with Crippen LogP contribution in [0.25, 0.3) is 21.3 Å². The van der Waals surface area contributed by atoms with E-state index in [1.807, 2.05) is 30.3 Å². The minimum atomic E-state index is -5.18. The zero-order valence-corrected chi connectivity index (χ0v) is 20.1. The van der Waals surface area contributed by atoms with E-state index in [2.05, 4.69) is 20.7 Å². The lowest BCUT2D eigenvalue weighted by Gasteiger charge is -2.14. The zero-order chi connectivity index (χ0) is 25.2. The number of carbonyl (C=O) groups excluding carboxylic acids is 1. The van der Waals surface area contributed by atoms with Gasteiger partial charge in [-0.25, -0.2) is 4.79 Å². The summed E-state index contributed by atoms with van der Waals surface area (Å²) in [7, 11) is 0. The third kappa shape index (κ3) is 5.85. The quantitative estimate of drug-likeness (QED) is 0.117. The van der Waals surface area contributed by atoms with Crippen molar-refractivity contribution in [2.24, 2.45) is 5.73 Å². The van der Waals surface area contributed by atoms with Crippen LogP contribution in [-0.2, 0) is 4.79 Å². The first-order valence-electron chi connectivity index (χ1n) is 11.0. The van der Waals surface area contributed by atoms with Gasteiger partial charge in [0.1, 0.15) is 17.3 Å². The Bertz CT molecular complexity index is 1310. The topological polar surface area (TPSA) is 85.4 Å². The number of carbonyl (C=O) groups is 1. The summed E-state index contributed by atoms with van der Waals surface area (Å²) in [6, 6.07) is 15.7. The second-order valence-electron chi connectivity index (χ2n) is 8.27. The highest BCUT2D eigenvalue weighted by Crippen LogP contribution is 2.34. The molecule has 0 bridgehead atoms. The van der Waals surface area contributed by atoms with Crippen molar-refractivity contribution in [1.82, 2.24) is 0 Å². The first-order chi connectivity index (χ1) is 16.6. The molecule has 0 saturated heterocycles. The van der Waals surface area contributed by atoms with Crippen LogP contribution in [0, 0.1) is 5.41 Å². The predicted molar refractivity (Wildman–Crippen MR) is 133 cm³/mol. The van der Waals surface area contributed by atoms with Crippen LogP contribution < -0.4 is 15.2 Å². The largest absolute Gasteiger partial charge is 0.491 e. The van der Waals surface area contributed by atoms with Crippen LogP contribution in [0.3, 0.4) is 0 Å². The molecule has 0 aromatic heterocycles. The van der Waals surface area contributed by atoms with Crippen LogP contribution in [0.15, 0.2) is 54.6 Å². The molecular weight excluding hydrogens is 525 g/mol. The molecule has 1 aliphatic rings. The van der Waals surface area contributed by atoms with Gasteiger partial charge < -0.3 is 15.2 Å². The first-order valence-corrected chi connectivity index (χ1v) is 11.8. The van der Waals surface area contributed by atoms with E-state index in [4.69, 9.17) is 15.9 Å². The summed E-state index contributed by atoms with van der Waals surface area (Å²) >= 11 is 3.60. The number of amidine groups is 1. The third-order valence-corrected chi connectivity index (χ3v) is 6.41. The van der Waals surface area contributed by atoms with Crippen LogP contribution in [0.2, 0.25) is 0 Å². The van der Waals surface area contributed by atoms with Gasteiger partial charge in [0.05, 0.1) is 11.7 Å². The highest BCUT2D eigenvalue weighted by Gasteiger charge is 2.42. The Kier molecular flexibility index (Phi) is 7.16. The van der Waals surface area contributed by atoms with Crippen LogP contribution in [0.4, 0.5) is 13.2 Å². The number of nitrogens with two attached hydrogens (primary N) is 1. The number of halogens is 4. The van der Waals surface area contributed by atoms with Crippen molar-refractivity contribution >= 4 is 49.1 Å². The number of ether oxygens (including phenoxy) is 2. The molecule has 35 heavy (non-hydrogen) atoms. The van der Waals surface area contributed by atoms with Gasteiger partial charge in [-0.3, -0.25) is 5.41 Å². The molecule has 0 radical (unpaired) electrons. The Morgan fingerprint density at radius 3 is 2.51 bits per heavy atom. The van der Waals surface area contributed by atoms with Gasteiger partial charge in [0.2, 0.25) is 0 Å². The van der Waals surface area contributed by atoms with Gasteiger partial charge >= 0.3 is 12.1 Å². The summed E-state index contributed by atoms with van der Waals surface area (Å²) in [6.07, 6.45) is 1.42. The number of hydrogen-bond donors (Lipinski definition) is 2. The molecule has 1 saturated carbocycles. The number of alkyl halides is 3. The lowest BCUT2D eigenvalue weighted by molar-refractivity contribution is -0.189. The summed E-state index contributed by atoms with van der Waals surface area (Å²) in [4.78, 5) is 11.5. The normalized spacial score (nSPS) is 14.8. The standard InChI is InChI=1S/C26H22BrF3N2O3/c27-22(17-4-3-7-19(14-17)34-18-5-1-2-6-18)13-15-8-10-20-16(12-15)9-11-21(24(31)32)23(20)35-25(33)26(28,29)30/h3-4,7-14,18H,1-2,5-6H2,(H3,31,32)/b22-13+. The van der Waals surface area contributed by atoms with E-state index < -0.39 is 23.7 Å². The molecule has 3 aromatic carbocycles. The number of esters is 1. The Balaban J connectivity index is 1.65. The maximum atomic E-state index is 12.8. The molecule has 3 N–H and O–H groups in total. The molecule has 182 valence electrons. The fraction of sp³-hybridized carbons (Fsp3) is 0.231. The maximum absolute atomic E-state index is 12.8. The molecule has 3 aromatic rings. The fourth-order valence-corrected chi connectivity index (χ4v) is 4.54. The van der Waals surface area contributed by atoms with Crippen molar-refractivity contribution in [1.29, 1.82) is 5.41 Å². The van der Waals surface area contributed by atoms with Crippen molar-refractivity contribution in [3.8, 4) is 11.5 Å².